The summed E-state index contributed by atoms with van der Waals surface area (Å²) in [6.45, 7) is 20.7. The first-order valence-electron chi connectivity index (χ1n) is 14.3. The van der Waals surface area contributed by atoms with Crippen LogP contribution in [-0.4, -0.2) is 72.6 Å². The van der Waals surface area contributed by atoms with E-state index >= 15 is 0 Å². The van der Waals surface area contributed by atoms with E-state index in [0.29, 0.717) is 0 Å². The zero-order chi connectivity index (χ0) is 29.7. The maximum Gasteiger partial charge on any atom is 0.335 e. The van der Waals surface area contributed by atoms with Crippen molar-refractivity contribution >= 4 is 40.1 Å². The van der Waals surface area contributed by atoms with Crippen molar-refractivity contribution < 1.29 is 27.6 Å². The molecule has 0 bridgehead atoms. The normalized spacial score (nSPS) is 26.6. The second kappa shape index (κ2) is 11.4. The van der Waals surface area contributed by atoms with Crippen molar-refractivity contribution in [3.63, 3.8) is 0 Å². The molecule has 2 aliphatic rings. The number of rotatable bonds is 7. The Hall–Kier alpha value is -1.95. The van der Waals surface area contributed by atoms with E-state index in [9.17, 15) is 14.7 Å². The van der Waals surface area contributed by atoms with Crippen molar-refractivity contribution in [2.45, 2.75) is 116 Å². The first-order valence-corrected chi connectivity index (χ1v) is 18.2. The lowest BCUT2D eigenvalue weighted by atomic mass is 10.1. The van der Waals surface area contributed by atoms with E-state index in [1.807, 2.05) is 0 Å². The topological polar surface area (TPSA) is 150 Å². The van der Waals surface area contributed by atoms with Gasteiger partial charge in [0.15, 0.2) is 17.4 Å². The van der Waals surface area contributed by atoms with E-state index in [-0.39, 0.29) is 57.7 Å². The van der Waals surface area contributed by atoms with Gasteiger partial charge in [-0.25, -0.2) is 4.98 Å². The number of carbonyl (C=O) groups is 1. The largest absolute Gasteiger partial charge is 0.414 e. The molecule has 224 valence electrons. The smallest absolute Gasteiger partial charge is 0.335 e. The Kier molecular flexibility index (Phi) is 8.82. The molecule has 1 amide bonds. The summed E-state index contributed by atoms with van der Waals surface area (Å²) in [4.78, 5) is 36.4. The predicted molar refractivity (Wildman–Crippen MR) is 155 cm³/mol. The van der Waals surface area contributed by atoms with Crippen molar-refractivity contribution in [1.29, 1.82) is 0 Å². The molecular formula is C26H45N5O7Si2. The Morgan fingerprint density at radius 2 is 1.65 bits per heavy atom. The third-order valence-electron chi connectivity index (χ3n) is 8.12. The van der Waals surface area contributed by atoms with E-state index in [2.05, 4.69) is 75.7 Å². The van der Waals surface area contributed by atoms with Gasteiger partial charge in [-0.1, -0.05) is 69.2 Å². The van der Waals surface area contributed by atoms with Crippen LogP contribution in [0.2, 0.25) is 22.2 Å². The van der Waals surface area contributed by atoms with Gasteiger partial charge in [0.1, 0.15) is 24.6 Å². The summed E-state index contributed by atoms with van der Waals surface area (Å²) in [5, 5.41) is 14.2. The number of imidazole rings is 1. The summed E-state index contributed by atoms with van der Waals surface area (Å²) in [5.74, 6) is -0.556. The van der Waals surface area contributed by atoms with Gasteiger partial charge >= 0.3 is 17.1 Å². The second-order valence-corrected chi connectivity index (χ2v) is 21.3. The van der Waals surface area contributed by atoms with Crippen molar-refractivity contribution in [3.8, 4) is 0 Å². The van der Waals surface area contributed by atoms with Crippen LogP contribution in [0.25, 0.3) is 11.2 Å². The van der Waals surface area contributed by atoms with Crippen LogP contribution in [0.15, 0.2) is 11.1 Å². The van der Waals surface area contributed by atoms with Gasteiger partial charge in [-0.3, -0.25) is 24.5 Å². The van der Waals surface area contributed by atoms with Crippen LogP contribution in [0.3, 0.4) is 0 Å². The Morgan fingerprint density at radius 1 is 1.05 bits per heavy atom. The van der Waals surface area contributed by atoms with Crippen LogP contribution in [-0.2, 0) is 22.5 Å². The van der Waals surface area contributed by atoms with E-state index in [0.717, 1.165) is 0 Å². The SMILES string of the molecule is CC(C)C(=O)Nc1nc2ncn([C@@H]3O[C@@H]4CO[Si](C(C)C)(C(C)C)O[Si](C(C)C)(C(C)C)O[C@H]4[C@H]3O)c2c(=O)[nH]1. The number of H-pyrrole nitrogens is 1. The molecule has 0 radical (unpaired) electrons. The molecule has 12 nitrogen and oxygen atoms in total. The fourth-order valence-electron chi connectivity index (χ4n) is 5.83. The standard InChI is InChI=1S/C26H45N5O7Si2/c1-13(2)23(33)29-26-28-22-19(24(34)30-26)31(12-27-22)25-20(32)21-18(36-25)11-35-39(14(3)4,15(5)6)38-40(37-21,16(7)8)17(9)10/h12-18,20-21,25,32H,11H2,1-10H3,(H2,28,29,30,33,34)/t18-,20-,21-,25-/m1/s1. The van der Waals surface area contributed by atoms with Gasteiger partial charge in [-0.15, -0.1) is 0 Å². The summed E-state index contributed by atoms with van der Waals surface area (Å²) < 4.78 is 28.8. The predicted octanol–water partition coefficient (Wildman–Crippen LogP) is 3.93. The van der Waals surface area contributed by atoms with Gasteiger partial charge in [0.2, 0.25) is 11.9 Å². The molecule has 0 aromatic carbocycles. The summed E-state index contributed by atoms with van der Waals surface area (Å²) in [6.07, 6.45) is -1.96. The van der Waals surface area contributed by atoms with Crippen molar-refractivity contribution in [2.24, 2.45) is 5.92 Å². The summed E-state index contributed by atoms with van der Waals surface area (Å²) in [6, 6.07) is 0. The third-order valence-corrected chi connectivity index (χ3v) is 18.4. The highest BCUT2D eigenvalue weighted by Crippen LogP contribution is 2.48. The maximum absolute atomic E-state index is 13.1. The van der Waals surface area contributed by atoms with Crippen molar-refractivity contribution in [1.82, 2.24) is 19.5 Å². The molecule has 4 atom stereocenters. The fraction of sp³-hybridized carbons (Fsp3) is 0.769. The minimum absolute atomic E-state index is 0.0122. The Morgan fingerprint density at radius 3 is 2.20 bits per heavy atom. The molecule has 0 saturated carbocycles. The molecular weight excluding hydrogens is 550 g/mol. The average molecular weight is 596 g/mol. The highest BCUT2D eigenvalue weighted by Gasteiger charge is 2.61. The quantitative estimate of drug-likeness (QED) is 0.405. The number of aliphatic hydroxyl groups excluding tert-OH is 1. The molecule has 2 aliphatic heterocycles. The number of amides is 1. The van der Waals surface area contributed by atoms with Gasteiger partial charge in [0.05, 0.1) is 6.61 Å². The van der Waals surface area contributed by atoms with Crippen LogP contribution < -0.4 is 10.9 Å². The van der Waals surface area contributed by atoms with Gasteiger partial charge < -0.3 is 22.8 Å². The van der Waals surface area contributed by atoms with Crippen molar-refractivity contribution in [2.75, 3.05) is 11.9 Å². The number of hydrogen-bond donors (Lipinski definition) is 3. The summed E-state index contributed by atoms with van der Waals surface area (Å²) in [5.41, 5.74) is 0.266. The van der Waals surface area contributed by atoms with Crippen LogP contribution in [0, 0.1) is 5.92 Å². The molecule has 40 heavy (non-hydrogen) atoms. The number of nitrogens with one attached hydrogen (secondary N) is 2. The van der Waals surface area contributed by atoms with E-state index in [1.54, 1.807) is 13.8 Å². The molecule has 0 spiro atoms. The molecule has 14 heteroatoms. The molecule has 2 saturated heterocycles. The van der Waals surface area contributed by atoms with E-state index < -0.39 is 47.2 Å². The molecule has 3 N–H and O–H groups in total. The van der Waals surface area contributed by atoms with Gasteiger partial charge in [0, 0.05) is 5.92 Å². The average Bonchev–Trinajstić information content (AvgIpc) is 3.39. The molecule has 0 unspecified atom stereocenters. The number of ether oxygens (including phenoxy) is 1. The number of fused-ring (bicyclic) bond motifs is 2. The minimum atomic E-state index is -2.97. The van der Waals surface area contributed by atoms with Crippen LogP contribution >= 0.6 is 0 Å². The molecule has 4 rings (SSSR count). The van der Waals surface area contributed by atoms with Gasteiger partial charge in [-0.2, -0.15) is 4.98 Å². The molecule has 2 fully saturated rings. The first-order chi connectivity index (χ1) is 18.6. The van der Waals surface area contributed by atoms with Gasteiger partial charge in [-0.05, 0) is 22.2 Å². The van der Waals surface area contributed by atoms with Crippen molar-refractivity contribution in [3.05, 3.63) is 16.7 Å². The number of aliphatic hydroxyl groups is 1. The summed E-state index contributed by atoms with van der Waals surface area (Å²) >= 11 is 0. The van der Waals surface area contributed by atoms with Gasteiger partial charge in [0.25, 0.3) is 5.56 Å². The lowest BCUT2D eigenvalue weighted by Crippen LogP contribution is -2.65. The monoisotopic (exact) mass is 595 g/mol. The zero-order valence-corrected chi connectivity index (χ0v) is 27.2. The Balaban J connectivity index is 1.74. The number of carbonyl (C=O) groups excluding carboxylic acids is 1. The highest BCUT2D eigenvalue weighted by atomic mass is 28.5. The van der Waals surface area contributed by atoms with Crippen LogP contribution in [0.1, 0.15) is 75.5 Å². The minimum Gasteiger partial charge on any atom is -0.414 e. The highest BCUT2D eigenvalue weighted by molar-refractivity contribution is 6.84. The lowest BCUT2D eigenvalue weighted by Gasteiger charge is -2.51. The number of aromatic nitrogens is 4. The van der Waals surface area contributed by atoms with E-state index in [1.165, 1.54) is 10.9 Å². The van der Waals surface area contributed by atoms with E-state index in [4.69, 9.17) is 17.7 Å². The molecule has 4 heterocycles. The Bertz CT molecular complexity index is 1260. The summed E-state index contributed by atoms with van der Waals surface area (Å²) in [7, 11) is -5.74. The molecule has 2 aromatic heterocycles. The number of hydrogen-bond acceptors (Lipinski definition) is 9. The zero-order valence-electron chi connectivity index (χ0n) is 25.2. The molecule has 0 aliphatic carbocycles. The van der Waals surface area contributed by atoms with Crippen LogP contribution in [0.5, 0.6) is 0 Å². The Labute approximate surface area is 237 Å². The fourth-order valence-corrected chi connectivity index (χ4v) is 17.0. The lowest BCUT2D eigenvalue weighted by molar-refractivity contribution is -0.118. The maximum atomic E-state index is 13.1. The molecule has 2 aromatic rings. The second-order valence-electron chi connectivity index (χ2n) is 12.5. The number of anilines is 1. The third kappa shape index (κ3) is 5.23. The number of nitrogens with zero attached hydrogens (tertiary/aromatic N) is 3. The number of aromatic amines is 1. The first kappa shape index (κ1) is 31.0. The van der Waals surface area contributed by atoms with Crippen LogP contribution in [0.4, 0.5) is 5.95 Å².